The molecule has 1 saturated heterocycles. The van der Waals surface area contributed by atoms with Crippen molar-refractivity contribution in [2.45, 2.75) is 25.8 Å². The highest BCUT2D eigenvalue weighted by atomic mass is 19.1. The number of rotatable bonds is 2. The Balaban J connectivity index is 2.12. The molecule has 0 aromatic heterocycles. The van der Waals surface area contributed by atoms with Gasteiger partial charge in [0.1, 0.15) is 5.82 Å². The van der Waals surface area contributed by atoms with Gasteiger partial charge in [-0.25, -0.2) is 4.39 Å². The van der Waals surface area contributed by atoms with Gasteiger partial charge in [-0.1, -0.05) is 0 Å². The van der Waals surface area contributed by atoms with Gasteiger partial charge in [0.25, 0.3) is 0 Å². The first-order valence-corrected chi connectivity index (χ1v) is 6.46. The number of aryl methyl sites for hydroxylation is 1. The van der Waals surface area contributed by atoms with Gasteiger partial charge < -0.3 is 15.5 Å². The van der Waals surface area contributed by atoms with Gasteiger partial charge in [-0.15, -0.1) is 0 Å². The summed E-state index contributed by atoms with van der Waals surface area (Å²) in [4.78, 5) is 4.54. The predicted octanol–water partition coefficient (Wildman–Crippen LogP) is 2.25. The summed E-state index contributed by atoms with van der Waals surface area (Å²) in [6.45, 7) is 3.75. The maximum atomic E-state index is 13.4. The molecule has 0 unspecified atom stereocenters. The number of nitrogen functional groups attached to an aromatic ring is 1. The number of hydrogen-bond acceptors (Lipinski definition) is 3. The molecule has 1 heterocycles. The van der Waals surface area contributed by atoms with E-state index < -0.39 is 0 Å². The number of nitrogens with two attached hydrogens (primary N) is 1. The van der Waals surface area contributed by atoms with Gasteiger partial charge in [0.05, 0.1) is 11.4 Å². The SMILES string of the molecule is Cc1cc(N2CCC(N(C)C)CC2)c(N)cc1F. The first kappa shape index (κ1) is 13.1. The summed E-state index contributed by atoms with van der Waals surface area (Å²) in [5, 5.41) is 0. The molecule has 1 fully saturated rings. The molecule has 4 heteroatoms. The number of piperidine rings is 1. The van der Waals surface area contributed by atoms with Crippen LogP contribution in [-0.2, 0) is 0 Å². The Morgan fingerprint density at radius 2 is 1.89 bits per heavy atom. The number of nitrogens with zero attached hydrogens (tertiary/aromatic N) is 2. The van der Waals surface area contributed by atoms with Crippen LogP contribution in [0.2, 0.25) is 0 Å². The molecule has 0 radical (unpaired) electrons. The fourth-order valence-electron chi connectivity index (χ4n) is 2.58. The Hall–Kier alpha value is -1.29. The largest absolute Gasteiger partial charge is 0.397 e. The molecular formula is C14H22FN3. The second kappa shape index (κ2) is 5.14. The zero-order chi connectivity index (χ0) is 13.3. The monoisotopic (exact) mass is 251 g/mol. The molecule has 0 aliphatic carbocycles. The zero-order valence-electron chi connectivity index (χ0n) is 11.4. The van der Waals surface area contributed by atoms with Crippen molar-refractivity contribution in [3.05, 3.63) is 23.5 Å². The second-order valence-corrected chi connectivity index (χ2v) is 5.34. The van der Waals surface area contributed by atoms with Crippen LogP contribution in [0, 0.1) is 12.7 Å². The van der Waals surface area contributed by atoms with Crippen molar-refractivity contribution in [3.8, 4) is 0 Å². The summed E-state index contributed by atoms with van der Waals surface area (Å²) in [6, 6.07) is 3.94. The van der Waals surface area contributed by atoms with Gasteiger partial charge >= 0.3 is 0 Å². The van der Waals surface area contributed by atoms with Crippen LogP contribution in [-0.4, -0.2) is 38.1 Å². The van der Waals surface area contributed by atoms with Crippen molar-refractivity contribution in [1.29, 1.82) is 0 Å². The van der Waals surface area contributed by atoms with Crippen molar-refractivity contribution in [1.82, 2.24) is 4.90 Å². The third-order valence-electron chi connectivity index (χ3n) is 3.84. The summed E-state index contributed by atoms with van der Waals surface area (Å²) in [5.41, 5.74) is 8.11. The summed E-state index contributed by atoms with van der Waals surface area (Å²) < 4.78 is 13.4. The molecular weight excluding hydrogens is 229 g/mol. The van der Waals surface area contributed by atoms with Crippen LogP contribution in [0.25, 0.3) is 0 Å². The van der Waals surface area contributed by atoms with E-state index in [0.717, 1.165) is 31.6 Å². The van der Waals surface area contributed by atoms with Crippen molar-refractivity contribution in [2.24, 2.45) is 0 Å². The van der Waals surface area contributed by atoms with Gasteiger partial charge in [0.15, 0.2) is 0 Å². The number of anilines is 2. The van der Waals surface area contributed by atoms with Crippen molar-refractivity contribution in [3.63, 3.8) is 0 Å². The van der Waals surface area contributed by atoms with E-state index in [1.165, 1.54) is 6.07 Å². The molecule has 1 aromatic carbocycles. The molecule has 0 atom stereocenters. The molecule has 1 aliphatic rings. The molecule has 2 rings (SSSR count). The van der Waals surface area contributed by atoms with E-state index in [0.29, 0.717) is 17.3 Å². The lowest BCUT2D eigenvalue weighted by molar-refractivity contribution is 0.250. The third-order valence-corrected chi connectivity index (χ3v) is 3.84. The smallest absolute Gasteiger partial charge is 0.128 e. The third kappa shape index (κ3) is 2.58. The summed E-state index contributed by atoms with van der Waals surface area (Å²) in [7, 11) is 4.24. The molecule has 0 bridgehead atoms. The quantitative estimate of drug-likeness (QED) is 0.818. The minimum Gasteiger partial charge on any atom is -0.397 e. The average molecular weight is 251 g/mol. The van der Waals surface area contributed by atoms with Crippen LogP contribution in [0.15, 0.2) is 12.1 Å². The molecule has 0 saturated carbocycles. The van der Waals surface area contributed by atoms with E-state index in [2.05, 4.69) is 23.9 Å². The maximum Gasteiger partial charge on any atom is 0.128 e. The first-order chi connectivity index (χ1) is 8.49. The van der Waals surface area contributed by atoms with Gasteiger partial charge in [-0.2, -0.15) is 0 Å². The van der Waals surface area contributed by atoms with Gasteiger partial charge in [0.2, 0.25) is 0 Å². The van der Waals surface area contributed by atoms with Gasteiger partial charge in [-0.3, -0.25) is 0 Å². The Kier molecular flexibility index (Phi) is 3.76. The molecule has 2 N–H and O–H groups in total. The maximum absolute atomic E-state index is 13.4. The molecule has 0 spiro atoms. The van der Waals surface area contributed by atoms with Crippen LogP contribution in [0.5, 0.6) is 0 Å². The van der Waals surface area contributed by atoms with Crippen molar-refractivity contribution >= 4 is 11.4 Å². The van der Waals surface area contributed by atoms with E-state index >= 15 is 0 Å². The number of hydrogen-bond donors (Lipinski definition) is 1. The summed E-state index contributed by atoms with van der Waals surface area (Å²) in [6.07, 6.45) is 2.26. The van der Waals surface area contributed by atoms with Crippen LogP contribution in [0.1, 0.15) is 18.4 Å². The van der Waals surface area contributed by atoms with Crippen LogP contribution in [0.4, 0.5) is 15.8 Å². The molecule has 18 heavy (non-hydrogen) atoms. The predicted molar refractivity (Wildman–Crippen MR) is 74.5 cm³/mol. The fourth-order valence-corrected chi connectivity index (χ4v) is 2.58. The Morgan fingerprint density at radius 3 is 2.44 bits per heavy atom. The Labute approximate surface area is 108 Å². The Bertz CT molecular complexity index is 423. The normalized spacial score (nSPS) is 17.5. The van der Waals surface area contributed by atoms with Crippen molar-refractivity contribution < 1.29 is 4.39 Å². The van der Waals surface area contributed by atoms with E-state index in [-0.39, 0.29) is 5.82 Å². The highest BCUT2D eigenvalue weighted by molar-refractivity contribution is 5.69. The molecule has 3 nitrogen and oxygen atoms in total. The molecule has 1 aromatic rings. The molecule has 100 valence electrons. The van der Waals surface area contributed by atoms with Crippen molar-refractivity contribution in [2.75, 3.05) is 37.8 Å². The van der Waals surface area contributed by atoms with Crippen LogP contribution < -0.4 is 10.6 Å². The average Bonchev–Trinajstić information content (AvgIpc) is 2.34. The lowest BCUT2D eigenvalue weighted by Crippen LogP contribution is -2.42. The lowest BCUT2D eigenvalue weighted by Gasteiger charge is -2.37. The number of halogens is 1. The molecule has 0 amide bonds. The van der Waals surface area contributed by atoms with Gasteiger partial charge in [-0.05, 0) is 51.6 Å². The van der Waals surface area contributed by atoms with Crippen LogP contribution >= 0.6 is 0 Å². The fraction of sp³-hybridized carbons (Fsp3) is 0.571. The zero-order valence-corrected chi connectivity index (χ0v) is 11.4. The summed E-state index contributed by atoms with van der Waals surface area (Å²) >= 11 is 0. The molecule has 1 aliphatic heterocycles. The summed E-state index contributed by atoms with van der Waals surface area (Å²) in [5.74, 6) is -0.223. The minimum atomic E-state index is -0.223. The van der Waals surface area contributed by atoms with E-state index in [1.807, 2.05) is 6.07 Å². The van der Waals surface area contributed by atoms with E-state index in [1.54, 1.807) is 6.92 Å². The van der Waals surface area contributed by atoms with E-state index in [4.69, 9.17) is 5.73 Å². The standard InChI is InChI=1S/C14H22FN3/c1-10-8-14(13(16)9-12(10)15)18-6-4-11(5-7-18)17(2)3/h8-9,11H,4-7,16H2,1-3H3. The Morgan fingerprint density at radius 1 is 1.28 bits per heavy atom. The second-order valence-electron chi connectivity index (χ2n) is 5.34. The van der Waals surface area contributed by atoms with Crippen LogP contribution in [0.3, 0.4) is 0 Å². The lowest BCUT2D eigenvalue weighted by atomic mass is 10.0. The first-order valence-electron chi connectivity index (χ1n) is 6.46. The highest BCUT2D eigenvalue weighted by Gasteiger charge is 2.22. The number of benzene rings is 1. The highest BCUT2D eigenvalue weighted by Crippen LogP contribution is 2.29. The van der Waals surface area contributed by atoms with E-state index in [9.17, 15) is 4.39 Å². The minimum absolute atomic E-state index is 0.223. The topological polar surface area (TPSA) is 32.5 Å². The van der Waals surface area contributed by atoms with Gasteiger partial charge in [0, 0.05) is 19.1 Å².